The van der Waals surface area contributed by atoms with Gasteiger partial charge in [-0.05, 0) is 36.2 Å². The molecule has 10 heteroatoms. The van der Waals surface area contributed by atoms with Crippen LogP contribution in [-0.2, 0) is 21.2 Å². The Morgan fingerprint density at radius 2 is 1.72 bits per heavy atom. The Morgan fingerprint density at radius 1 is 1.00 bits per heavy atom. The Kier molecular flexibility index (Phi) is 7.94. The summed E-state index contributed by atoms with van der Waals surface area (Å²) in [4.78, 5) is 12.9. The molecule has 0 aromatic heterocycles. The zero-order valence-electron chi connectivity index (χ0n) is 18.4. The van der Waals surface area contributed by atoms with Crippen LogP contribution in [0.3, 0.4) is 0 Å². The number of carbonyl (C=O) groups is 1. The van der Waals surface area contributed by atoms with E-state index < -0.39 is 15.9 Å². The highest BCUT2D eigenvalue weighted by atomic mass is 32.2. The van der Waals surface area contributed by atoms with Gasteiger partial charge in [0.05, 0.1) is 45.0 Å². The van der Waals surface area contributed by atoms with Crippen molar-refractivity contribution in [3.8, 4) is 17.2 Å². The van der Waals surface area contributed by atoms with Gasteiger partial charge in [0.2, 0.25) is 10.0 Å². The highest BCUT2D eigenvalue weighted by Gasteiger charge is 2.28. The lowest BCUT2D eigenvalue weighted by Crippen LogP contribution is -2.40. The molecule has 1 aliphatic rings. The number of methoxy groups -OCH3 is 3. The van der Waals surface area contributed by atoms with Crippen molar-refractivity contribution in [2.24, 2.45) is 0 Å². The number of sulfonamides is 1. The molecule has 2 aromatic rings. The van der Waals surface area contributed by atoms with Crippen molar-refractivity contribution in [3.05, 3.63) is 47.5 Å². The molecule has 0 spiro atoms. The van der Waals surface area contributed by atoms with Gasteiger partial charge in [-0.15, -0.1) is 0 Å². The summed E-state index contributed by atoms with van der Waals surface area (Å²) in [7, 11) is 0.853. The molecule has 1 saturated heterocycles. The van der Waals surface area contributed by atoms with Crippen LogP contribution in [0.15, 0.2) is 41.3 Å². The smallest absolute Gasteiger partial charge is 0.255 e. The summed E-state index contributed by atoms with van der Waals surface area (Å²) in [6, 6.07) is 9.77. The standard InChI is InChI=1S/C22H28N2O7S/c1-28-17-5-4-16(21(14-17)30-3)8-9-23-22(25)19-15-18(6-7-20(19)29-2)32(26,27)24-10-12-31-13-11-24/h4-7,14-15H,8-13H2,1-3H3,(H,23,25). The average Bonchev–Trinajstić information content (AvgIpc) is 2.84. The number of nitrogens with zero attached hydrogens (tertiary/aromatic N) is 1. The number of carbonyl (C=O) groups excluding carboxylic acids is 1. The van der Waals surface area contributed by atoms with E-state index in [2.05, 4.69) is 5.32 Å². The maximum Gasteiger partial charge on any atom is 0.255 e. The highest BCUT2D eigenvalue weighted by molar-refractivity contribution is 7.89. The van der Waals surface area contributed by atoms with E-state index in [0.29, 0.717) is 43.4 Å². The number of hydrogen-bond donors (Lipinski definition) is 1. The lowest BCUT2D eigenvalue weighted by Gasteiger charge is -2.26. The van der Waals surface area contributed by atoms with Gasteiger partial charge in [0, 0.05) is 25.7 Å². The molecule has 0 saturated carbocycles. The Bertz CT molecular complexity index is 1050. The minimum atomic E-state index is -3.73. The first-order valence-corrected chi connectivity index (χ1v) is 11.6. The molecule has 1 amide bonds. The van der Waals surface area contributed by atoms with Crippen LogP contribution in [-0.4, -0.2) is 72.8 Å². The first-order chi connectivity index (χ1) is 15.4. The Morgan fingerprint density at radius 3 is 2.38 bits per heavy atom. The van der Waals surface area contributed by atoms with Crippen LogP contribution in [0.2, 0.25) is 0 Å². The molecular formula is C22H28N2O7S. The molecule has 1 N–H and O–H groups in total. The molecule has 2 aromatic carbocycles. The van der Waals surface area contributed by atoms with E-state index in [1.165, 1.54) is 29.6 Å². The van der Waals surface area contributed by atoms with Gasteiger partial charge < -0.3 is 24.3 Å². The van der Waals surface area contributed by atoms with E-state index in [0.717, 1.165) is 5.56 Å². The van der Waals surface area contributed by atoms with E-state index in [4.69, 9.17) is 18.9 Å². The number of nitrogens with one attached hydrogen (secondary N) is 1. The molecule has 0 bridgehead atoms. The molecule has 1 heterocycles. The van der Waals surface area contributed by atoms with Gasteiger partial charge in [-0.3, -0.25) is 4.79 Å². The van der Waals surface area contributed by atoms with Crippen molar-refractivity contribution in [2.75, 3.05) is 54.2 Å². The number of amides is 1. The van der Waals surface area contributed by atoms with Crippen molar-refractivity contribution in [3.63, 3.8) is 0 Å². The first kappa shape index (κ1) is 23.8. The Hall–Kier alpha value is -2.82. The van der Waals surface area contributed by atoms with E-state index in [1.54, 1.807) is 20.3 Å². The van der Waals surface area contributed by atoms with E-state index in [-0.39, 0.29) is 23.5 Å². The summed E-state index contributed by atoms with van der Waals surface area (Å²) in [5.41, 5.74) is 1.06. The minimum absolute atomic E-state index is 0.0437. The third-order valence-electron chi connectivity index (χ3n) is 5.20. The van der Waals surface area contributed by atoms with Crippen LogP contribution < -0.4 is 19.5 Å². The molecule has 0 radical (unpaired) electrons. The van der Waals surface area contributed by atoms with Crippen molar-refractivity contribution in [1.29, 1.82) is 0 Å². The minimum Gasteiger partial charge on any atom is -0.497 e. The average molecular weight is 465 g/mol. The molecule has 0 aliphatic carbocycles. The van der Waals surface area contributed by atoms with Gasteiger partial charge in [0.1, 0.15) is 17.2 Å². The fourth-order valence-corrected chi connectivity index (χ4v) is 4.86. The predicted octanol–water partition coefficient (Wildman–Crippen LogP) is 1.71. The summed E-state index contributed by atoms with van der Waals surface area (Å²) < 4.78 is 48.4. The number of morpholine rings is 1. The number of ether oxygens (including phenoxy) is 4. The number of benzene rings is 2. The highest BCUT2D eigenvalue weighted by Crippen LogP contribution is 2.26. The van der Waals surface area contributed by atoms with E-state index >= 15 is 0 Å². The zero-order valence-corrected chi connectivity index (χ0v) is 19.2. The van der Waals surface area contributed by atoms with Crippen molar-refractivity contribution in [1.82, 2.24) is 9.62 Å². The van der Waals surface area contributed by atoms with Gasteiger partial charge in [-0.25, -0.2) is 8.42 Å². The third kappa shape index (κ3) is 5.32. The van der Waals surface area contributed by atoms with Crippen molar-refractivity contribution in [2.45, 2.75) is 11.3 Å². The third-order valence-corrected chi connectivity index (χ3v) is 7.09. The largest absolute Gasteiger partial charge is 0.497 e. The Balaban J connectivity index is 1.74. The number of hydrogen-bond acceptors (Lipinski definition) is 7. The Labute approximate surface area is 188 Å². The molecule has 0 atom stereocenters. The van der Waals surface area contributed by atoms with E-state index in [9.17, 15) is 13.2 Å². The van der Waals surface area contributed by atoms with Crippen molar-refractivity contribution < 1.29 is 32.2 Å². The summed E-state index contributed by atoms with van der Waals surface area (Å²) in [6.45, 7) is 1.57. The molecule has 32 heavy (non-hydrogen) atoms. The van der Waals surface area contributed by atoms with Gasteiger partial charge in [0.15, 0.2) is 0 Å². The van der Waals surface area contributed by atoms with Crippen LogP contribution >= 0.6 is 0 Å². The monoisotopic (exact) mass is 464 g/mol. The van der Waals surface area contributed by atoms with Crippen LogP contribution in [0, 0.1) is 0 Å². The summed E-state index contributed by atoms with van der Waals surface area (Å²) in [5, 5.41) is 2.83. The van der Waals surface area contributed by atoms with Crippen LogP contribution in [0.1, 0.15) is 15.9 Å². The lowest BCUT2D eigenvalue weighted by molar-refractivity contribution is 0.0730. The maximum absolute atomic E-state index is 13.0. The zero-order chi connectivity index (χ0) is 23.1. The quantitative estimate of drug-likeness (QED) is 0.603. The molecule has 3 rings (SSSR count). The molecular weight excluding hydrogens is 436 g/mol. The summed E-state index contributed by atoms with van der Waals surface area (Å²) in [5.74, 6) is 1.21. The SMILES string of the molecule is COc1ccc(CCNC(=O)c2cc(S(=O)(=O)N3CCOCC3)ccc2OC)c(OC)c1. The number of rotatable bonds is 9. The predicted molar refractivity (Wildman–Crippen MR) is 118 cm³/mol. The van der Waals surface area contributed by atoms with E-state index in [1.807, 2.05) is 12.1 Å². The summed E-state index contributed by atoms with van der Waals surface area (Å²) >= 11 is 0. The van der Waals surface area contributed by atoms with Gasteiger partial charge >= 0.3 is 0 Å². The van der Waals surface area contributed by atoms with Crippen molar-refractivity contribution >= 4 is 15.9 Å². The second kappa shape index (κ2) is 10.7. The molecule has 1 fully saturated rings. The van der Waals surface area contributed by atoms with Crippen LogP contribution in [0.4, 0.5) is 0 Å². The molecule has 9 nitrogen and oxygen atoms in total. The van der Waals surface area contributed by atoms with Crippen LogP contribution in [0.25, 0.3) is 0 Å². The molecule has 174 valence electrons. The van der Waals surface area contributed by atoms with Gasteiger partial charge in [-0.2, -0.15) is 4.31 Å². The molecule has 0 unspecified atom stereocenters. The first-order valence-electron chi connectivity index (χ1n) is 10.2. The van der Waals surface area contributed by atoms with Crippen LogP contribution in [0.5, 0.6) is 17.2 Å². The maximum atomic E-state index is 13.0. The topological polar surface area (TPSA) is 103 Å². The molecule has 1 aliphatic heterocycles. The fourth-order valence-electron chi connectivity index (χ4n) is 3.43. The second-order valence-electron chi connectivity index (χ2n) is 7.06. The summed E-state index contributed by atoms with van der Waals surface area (Å²) in [6.07, 6.45) is 0.521. The lowest BCUT2D eigenvalue weighted by atomic mass is 10.1. The van der Waals surface area contributed by atoms with Gasteiger partial charge in [0.25, 0.3) is 5.91 Å². The fraction of sp³-hybridized carbons (Fsp3) is 0.409. The normalized spacial score (nSPS) is 14.6. The van der Waals surface area contributed by atoms with Gasteiger partial charge in [-0.1, -0.05) is 6.07 Å². The second-order valence-corrected chi connectivity index (χ2v) is 9.00.